The van der Waals surface area contributed by atoms with E-state index in [1.165, 1.54) is 0 Å². The topological polar surface area (TPSA) is 113 Å². The second-order valence-electron chi connectivity index (χ2n) is 2.95. The molecule has 0 aromatic carbocycles. The highest BCUT2D eigenvalue weighted by Crippen LogP contribution is 2.01. The van der Waals surface area contributed by atoms with E-state index in [0.29, 0.717) is 19.4 Å². The summed E-state index contributed by atoms with van der Waals surface area (Å²) in [4.78, 5) is 32.0. The van der Waals surface area contributed by atoms with Crippen LogP contribution in [-0.4, -0.2) is 30.6 Å². The number of nitrogens with one attached hydrogen (secondary N) is 3. The van der Waals surface area contributed by atoms with Crippen LogP contribution in [0.1, 0.15) is 12.8 Å². The van der Waals surface area contributed by atoms with Gasteiger partial charge in [0.15, 0.2) is 0 Å². The van der Waals surface area contributed by atoms with Crippen molar-refractivity contribution in [2.24, 2.45) is 5.73 Å². The minimum absolute atomic E-state index is 0.325. The molecular weight excluding hydrogens is 188 g/mol. The monoisotopic (exact) mass is 200 g/mol. The molecule has 78 valence electrons. The fraction of sp³-hybridized carbons (Fsp3) is 0.571. The second kappa shape index (κ2) is 4.45. The summed E-state index contributed by atoms with van der Waals surface area (Å²) >= 11 is 0. The summed E-state index contributed by atoms with van der Waals surface area (Å²) in [6.07, 6.45) is 1.07. The zero-order chi connectivity index (χ0) is 10.6. The molecule has 0 aromatic rings. The van der Waals surface area contributed by atoms with Gasteiger partial charge in [-0.3, -0.25) is 10.1 Å². The van der Waals surface area contributed by atoms with E-state index in [2.05, 4.69) is 16.0 Å². The molecule has 0 unspecified atom stereocenters. The van der Waals surface area contributed by atoms with Gasteiger partial charge in [0.2, 0.25) is 0 Å². The van der Waals surface area contributed by atoms with E-state index in [1.54, 1.807) is 0 Å². The minimum atomic E-state index is -0.593. The maximum atomic E-state index is 11.0. The fourth-order valence-electron chi connectivity index (χ4n) is 1.18. The Morgan fingerprint density at radius 1 is 1.50 bits per heavy atom. The molecule has 0 aromatic heterocycles. The Kier molecular flexibility index (Phi) is 3.27. The van der Waals surface area contributed by atoms with E-state index < -0.39 is 18.1 Å². The fourth-order valence-corrected chi connectivity index (χ4v) is 1.18. The van der Waals surface area contributed by atoms with E-state index >= 15 is 0 Å². The lowest BCUT2D eigenvalue weighted by Crippen LogP contribution is -2.33. The standard InChI is InChI=1S/C7H12N4O3/c8-6(13)9-3-1-2-4-5(12)11-7(14)10-4/h4H,1-3H2,(H3,8,9,13)(H2,10,11,12,14)/t4-/m0/s1. The molecule has 1 atom stereocenters. The molecule has 1 aliphatic heterocycles. The first-order valence-corrected chi connectivity index (χ1v) is 4.24. The number of imide groups is 1. The van der Waals surface area contributed by atoms with E-state index in [1.807, 2.05) is 0 Å². The highest BCUT2D eigenvalue weighted by molar-refractivity contribution is 6.04. The SMILES string of the molecule is NC(=O)NCCC[C@@H]1NC(=O)NC1=O. The first kappa shape index (κ1) is 10.3. The van der Waals surface area contributed by atoms with Crippen molar-refractivity contribution in [1.82, 2.24) is 16.0 Å². The van der Waals surface area contributed by atoms with E-state index in [4.69, 9.17) is 5.73 Å². The van der Waals surface area contributed by atoms with E-state index in [9.17, 15) is 14.4 Å². The molecule has 1 fully saturated rings. The van der Waals surface area contributed by atoms with Gasteiger partial charge in [0.1, 0.15) is 6.04 Å². The predicted molar refractivity (Wildman–Crippen MR) is 47.3 cm³/mol. The van der Waals surface area contributed by atoms with Crippen LogP contribution in [0.15, 0.2) is 0 Å². The summed E-state index contributed by atoms with van der Waals surface area (Å²) in [7, 11) is 0. The van der Waals surface area contributed by atoms with Gasteiger partial charge in [0, 0.05) is 6.54 Å². The van der Waals surface area contributed by atoms with Crippen LogP contribution in [0.4, 0.5) is 9.59 Å². The molecule has 7 heteroatoms. The number of carbonyl (C=O) groups is 3. The number of urea groups is 2. The van der Waals surface area contributed by atoms with Crippen LogP contribution in [-0.2, 0) is 4.79 Å². The van der Waals surface area contributed by atoms with Crippen molar-refractivity contribution in [3.05, 3.63) is 0 Å². The number of hydrogen-bond acceptors (Lipinski definition) is 3. The van der Waals surface area contributed by atoms with Gasteiger partial charge < -0.3 is 16.4 Å². The number of nitrogens with two attached hydrogens (primary N) is 1. The van der Waals surface area contributed by atoms with Crippen molar-refractivity contribution in [2.45, 2.75) is 18.9 Å². The van der Waals surface area contributed by atoms with Crippen LogP contribution in [0.3, 0.4) is 0 Å². The Labute approximate surface area is 80.4 Å². The average molecular weight is 200 g/mol. The molecule has 0 bridgehead atoms. The lowest BCUT2D eigenvalue weighted by Gasteiger charge is -2.06. The molecule has 1 rings (SSSR count). The van der Waals surface area contributed by atoms with Gasteiger partial charge in [-0.25, -0.2) is 9.59 Å². The van der Waals surface area contributed by atoms with Crippen molar-refractivity contribution in [3.63, 3.8) is 0 Å². The zero-order valence-electron chi connectivity index (χ0n) is 7.50. The average Bonchev–Trinajstić information content (AvgIpc) is 2.39. The van der Waals surface area contributed by atoms with Crippen molar-refractivity contribution >= 4 is 18.0 Å². The maximum Gasteiger partial charge on any atom is 0.322 e. The third-order valence-corrected chi connectivity index (χ3v) is 1.83. The lowest BCUT2D eigenvalue weighted by molar-refractivity contribution is -0.120. The van der Waals surface area contributed by atoms with Crippen molar-refractivity contribution in [3.8, 4) is 0 Å². The largest absolute Gasteiger partial charge is 0.352 e. The number of amides is 5. The van der Waals surface area contributed by atoms with Gasteiger partial charge in [-0.05, 0) is 12.8 Å². The second-order valence-corrected chi connectivity index (χ2v) is 2.95. The van der Waals surface area contributed by atoms with Gasteiger partial charge >= 0.3 is 12.1 Å². The van der Waals surface area contributed by atoms with Gasteiger partial charge in [0.25, 0.3) is 5.91 Å². The summed E-state index contributed by atoms with van der Waals surface area (Å²) in [6, 6.07) is -1.55. The van der Waals surface area contributed by atoms with Gasteiger partial charge in [-0.15, -0.1) is 0 Å². The highest BCUT2D eigenvalue weighted by Gasteiger charge is 2.28. The molecule has 1 saturated heterocycles. The molecule has 1 heterocycles. The summed E-state index contributed by atoms with van der Waals surface area (Å²) in [5.74, 6) is -0.325. The van der Waals surface area contributed by atoms with Crippen LogP contribution < -0.4 is 21.7 Å². The van der Waals surface area contributed by atoms with E-state index in [0.717, 1.165) is 0 Å². The van der Waals surface area contributed by atoms with E-state index in [-0.39, 0.29) is 5.91 Å². The summed E-state index contributed by atoms with van der Waals surface area (Å²) in [5, 5.41) is 6.95. The third-order valence-electron chi connectivity index (χ3n) is 1.83. The van der Waals surface area contributed by atoms with Crippen LogP contribution in [0.2, 0.25) is 0 Å². The number of hydrogen-bond donors (Lipinski definition) is 4. The molecule has 14 heavy (non-hydrogen) atoms. The molecule has 0 saturated carbocycles. The summed E-state index contributed by atoms with van der Waals surface area (Å²) < 4.78 is 0. The van der Waals surface area contributed by atoms with Gasteiger partial charge in [-0.2, -0.15) is 0 Å². The number of carbonyl (C=O) groups excluding carboxylic acids is 3. The van der Waals surface area contributed by atoms with Crippen LogP contribution in [0, 0.1) is 0 Å². The Morgan fingerprint density at radius 3 is 2.71 bits per heavy atom. The Hall–Kier alpha value is -1.79. The molecule has 7 nitrogen and oxygen atoms in total. The first-order valence-electron chi connectivity index (χ1n) is 4.24. The highest BCUT2D eigenvalue weighted by atomic mass is 16.2. The molecule has 5 N–H and O–H groups in total. The smallest absolute Gasteiger partial charge is 0.322 e. The summed E-state index contributed by atoms with van der Waals surface area (Å²) in [5.41, 5.74) is 4.84. The van der Waals surface area contributed by atoms with Crippen molar-refractivity contribution < 1.29 is 14.4 Å². The Bertz CT molecular complexity index is 266. The molecule has 0 radical (unpaired) electrons. The predicted octanol–water partition coefficient (Wildman–Crippen LogP) is -1.36. The molecule has 1 aliphatic rings. The van der Waals surface area contributed by atoms with Crippen LogP contribution >= 0.6 is 0 Å². The van der Waals surface area contributed by atoms with Crippen molar-refractivity contribution in [1.29, 1.82) is 0 Å². The lowest BCUT2D eigenvalue weighted by atomic mass is 10.1. The Balaban J connectivity index is 2.16. The van der Waals surface area contributed by atoms with Gasteiger partial charge in [0.05, 0.1) is 0 Å². The normalized spacial score (nSPS) is 20.1. The van der Waals surface area contributed by atoms with Crippen LogP contribution in [0.5, 0.6) is 0 Å². The minimum Gasteiger partial charge on any atom is -0.352 e. The molecule has 5 amide bonds. The summed E-state index contributed by atoms with van der Waals surface area (Å²) in [6.45, 7) is 0.398. The molecular formula is C7H12N4O3. The molecule has 0 aliphatic carbocycles. The quantitative estimate of drug-likeness (QED) is 0.332. The number of primary amides is 1. The van der Waals surface area contributed by atoms with Gasteiger partial charge in [-0.1, -0.05) is 0 Å². The third kappa shape index (κ3) is 2.92. The first-order chi connectivity index (χ1) is 6.59. The maximum absolute atomic E-state index is 11.0. The van der Waals surface area contributed by atoms with Crippen molar-refractivity contribution in [2.75, 3.05) is 6.54 Å². The van der Waals surface area contributed by atoms with Crippen LogP contribution in [0.25, 0.3) is 0 Å². The molecule has 0 spiro atoms. The Morgan fingerprint density at radius 2 is 2.21 bits per heavy atom. The zero-order valence-corrected chi connectivity index (χ0v) is 7.50. The number of rotatable bonds is 4.